The summed E-state index contributed by atoms with van der Waals surface area (Å²) >= 11 is 0. The summed E-state index contributed by atoms with van der Waals surface area (Å²) in [6.07, 6.45) is -0.232. The van der Waals surface area contributed by atoms with Crippen LogP contribution in [0.2, 0.25) is 0 Å². The fraction of sp³-hybridized carbons (Fsp3) is 0.368. The van der Waals surface area contributed by atoms with Crippen molar-refractivity contribution in [3.63, 3.8) is 0 Å². The molecule has 0 aromatic heterocycles. The van der Waals surface area contributed by atoms with Crippen LogP contribution < -0.4 is 0 Å². The highest BCUT2D eigenvalue weighted by molar-refractivity contribution is 5.27. The van der Waals surface area contributed by atoms with Gasteiger partial charge in [0.05, 0.1) is 6.10 Å². The Morgan fingerprint density at radius 1 is 0.818 bits per heavy atom. The van der Waals surface area contributed by atoms with Crippen LogP contribution in [-0.4, -0.2) is 18.3 Å². The maximum Gasteiger partial charge on any atom is 0.183 e. The van der Waals surface area contributed by atoms with Gasteiger partial charge in [0, 0.05) is 25.2 Å². The average Bonchev–Trinajstić information content (AvgIpc) is 2.56. The Hall–Kier alpha value is -1.68. The van der Waals surface area contributed by atoms with Crippen LogP contribution in [0.1, 0.15) is 42.9 Å². The van der Waals surface area contributed by atoms with Crippen molar-refractivity contribution in [2.24, 2.45) is 0 Å². The zero-order valence-electron chi connectivity index (χ0n) is 13.2. The molecule has 0 unspecified atom stereocenters. The number of aliphatic hydroxyl groups is 1. The minimum atomic E-state index is -0.505. The summed E-state index contributed by atoms with van der Waals surface area (Å²) in [6.45, 7) is 5.10. The first-order valence-electron chi connectivity index (χ1n) is 7.79. The van der Waals surface area contributed by atoms with Gasteiger partial charge in [-0.1, -0.05) is 54.6 Å². The molecule has 0 aliphatic rings. The van der Waals surface area contributed by atoms with Gasteiger partial charge in [0.25, 0.3) is 0 Å². The van der Waals surface area contributed by atoms with E-state index in [1.807, 2.05) is 68.4 Å². The molecule has 1 atom stereocenters. The third-order valence-corrected chi connectivity index (χ3v) is 3.50. The van der Waals surface area contributed by atoms with E-state index in [-0.39, 0.29) is 6.29 Å². The predicted molar refractivity (Wildman–Crippen MR) is 87.5 cm³/mol. The molecule has 118 valence electrons. The van der Waals surface area contributed by atoms with Gasteiger partial charge in [-0.25, -0.2) is 0 Å². The van der Waals surface area contributed by atoms with E-state index in [4.69, 9.17) is 9.47 Å². The van der Waals surface area contributed by atoms with Crippen molar-refractivity contribution < 1.29 is 14.6 Å². The van der Waals surface area contributed by atoms with E-state index in [1.54, 1.807) is 0 Å². The maximum atomic E-state index is 10.3. The van der Waals surface area contributed by atoms with E-state index in [2.05, 4.69) is 0 Å². The van der Waals surface area contributed by atoms with Crippen LogP contribution in [0.15, 0.2) is 54.6 Å². The number of hydrogen-bond acceptors (Lipinski definition) is 3. The van der Waals surface area contributed by atoms with Crippen molar-refractivity contribution in [1.82, 2.24) is 0 Å². The van der Waals surface area contributed by atoms with Crippen molar-refractivity contribution in [3.8, 4) is 0 Å². The Bertz CT molecular complexity index is 530. The molecule has 0 spiro atoms. The summed E-state index contributed by atoms with van der Waals surface area (Å²) in [4.78, 5) is 0. The molecular formula is C19H24O3. The van der Waals surface area contributed by atoms with Crippen LogP contribution in [0.3, 0.4) is 0 Å². The predicted octanol–water partition coefficient (Wildman–Crippen LogP) is 4.03. The van der Waals surface area contributed by atoms with Gasteiger partial charge in [0.1, 0.15) is 0 Å². The molecule has 2 rings (SSSR count). The highest BCUT2D eigenvalue weighted by atomic mass is 16.7. The zero-order chi connectivity index (χ0) is 15.8. The Balaban J connectivity index is 2.04. The van der Waals surface area contributed by atoms with Gasteiger partial charge < -0.3 is 14.6 Å². The number of benzene rings is 2. The second-order valence-corrected chi connectivity index (χ2v) is 5.11. The Kier molecular flexibility index (Phi) is 6.59. The Morgan fingerprint density at radius 2 is 1.36 bits per heavy atom. The van der Waals surface area contributed by atoms with Gasteiger partial charge in [0.15, 0.2) is 6.29 Å². The van der Waals surface area contributed by atoms with E-state index in [0.717, 1.165) is 16.7 Å². The fourth-order valence-electron chi connectivity index (χ4n) is 2.37. The lowest BCUT2D eigenvalue weighted by atomic mass is 10.0. The SMILES string of the molecule is CCOC(OCC)c1ccc([C@@H](O)Cc2ccccc2)cc1. The molecule has 0 saturated heterocycles. The van der Waals surface area contributed by atoms with Gasteiger partial charge in [-0.05, 0) is 25.0 Å². The third kappa shape index (κ3) is 4.67. The largest absolute Gasteiger partial charge is 0.388 e. The average molecular weight is 300 g/mol. The summed E-state index contributed by atoms with van der Waals surface area (Å²) in [5, 5.41) is 10.3. The summed E-state index contributed by atoms with van der Waals surface area (Å²) in [5.74, 6) is 0. The number of aliphatic hydroxyl groups excluding tert-OH is 1. The number of rotatable bonds is 8. The van der Waals surface area contributed by atoms with Gasteiger partial charge in [0.2, 0.25) is 0 Å². The number of ether oxygens (including phenoxy) is 2. The fourth-order valence-corrected chi connectivity index (χ4v) is 2.37. The summed E-state index contributed by atoms with van der Waals surface area (Å²) in [7, 11) is 0. The van der Waals surface area contributed by atoms with Crippen molar-refractivity contribution in [3.05, 3.63) is 71.3 Å². The molecule has 0 amide bonds. The molecule has 0 heterocycles. The smallest absolute Gasteiger partial charge is 0.183 e. The summed E-state index contributed by atoms with van der Waals surface area (Å²) < 4.78 is 11.2. The lowest BCUT2D eigenvalue weighted by Gasteiger charge is -2.18. The van der Waals surface area contributed by atoms with E-state index in [1.165, 1.54) is 0 Å². The maximum absolute atomic E-state index is 10.3. The van der Waals surface area contributed by atoms with E-state index in [9.17, 15) is 5.11 Å². The van der Waals surface area contributed by atoms with Gasteiger partial charge >= 0.3 is 0 Å². The monoisotopic (exact) mass is 300 g/mol. The summed E-state index contributed by atoms with van der Waals surface area (Å²) in [6, 6.07) is 17.8. The normalized spacial score (nSPS) is 12.5. The molecule has 0 aliphatic carbocycles. The van der Waals surface area contributed by atoms with Crippen LogP contribution in [0, 0.1) is 0 Å². The first-order valence-corrected chi connectivity index (χ1v) is 7.79. The van der Waals surface area contributed by atoms with E-state index >= 15 is 0 Å². The minimum absolute atomic E-state index is 0.338. The molecule has 0 bridgehead atoms. The molecule has 3 nitrogen and oxygen atoms in total. The van der Waals surface area contributed by atoms with Gasteiger partial charge in [-0.15, -0.1) is 0 Å². The van der Waals surface area contributed by atoms with Gasteiger partial charge in [-0.3, -0.25) is 0 Å². The molecular weight excluding hydrogens is 276 g/mol. The Labute approximate surface area is 132 Å². The van der Waals surface area contributed by atoms with Gasteiger partial charge in [-0.2, -0.15) is 0 Å². The topological polar surface area (TPSA) is 38.7 Å². The van der Waals surface area contributed by atoms with E-state index < -0.39 is 6.10 Å². The van der Waals surface area contributed by atoms with Crippen molar-refractivity contribution in [2.75, 3.05) is 13.2 Å². The molecule has 22 heavy (non-hydrogen) atoms. The lowest BCUT2D eigenvalue weighted by Crippen LogP contribution is -2.09. The van der Waals surface area contributed by atoms with Crippen LogP contribution in [0.5, 0.6) is 0 Å². The first-order chi connectivity index (χ1) is 10.7. The second kappa shape index (κ2) is 8.69. The van der Waals surface area contributed by atoms with Crippen molar-refractivity contribution in [1.29, 1.82) is 0 Å². The first kappa shape index (κ1) is 16.7. The molecule has 2 aromatic carbocycles. The minimum Gasteiger partial charge on any atom is -0.388 e. The zero-order valence-corrected chi connectivity index (χ0v) is 13.2. The standard InChI is InChI=1S/C19H24O3/c1-3-21-19(22-4-2)17-12-10-16(11-13-17)18(20)14-15-8-6-5-7-9-15/h5-13,18-20H,3-4,14H2,1-2H3/t18-/m0/s1. The van der Waals surface area contributed by atoms with Crippen LogP contribution in [0.4, 0.5) is 0 Å². The number of hydrogen-bond donors (Lipinski definition) is 1. The van der Waals surface area contributed by atoms with Crippen LogP contribution in [0.25, 0.3) is 0 Å². The molecule has 0 aliphatic heterocycles. The lowest BCUT2D eigenvalue weighted by molar-refractivity contribution is -0.140. The van der Waals surface area contributed by atoms with Crippen LogP contribution in [-0.2, 0) is 15.9 Å². The highest BCUT2D eigenvalue weighted by Crippen LogP contribution is 2.23. The second-order valence-electron chi connectivity index (χ2n) is 5.11. The van der Waals surface area contributed by atoms with Crippen molar-refractivity contribution in [2.45, 2.75) is 32.7 Å². The molecule has 0 radical (unpaired) electrons. The van der Waals surface area contributed by atoms with Crippen LogP contribution >= 0.6 is 0 Å². The molecule has 0 saturated carbocycles. The molecule has 0 fully saturated rings. The summed E-state index contributed by atoms with van der Waals surface area (Å²) in [5.41, 5.74) is 3.00. The third-order valence-electron chi connectivity index (χ3n) is 3.50. The molecule has 1 N–H and O–H groups in total. The quantitative estimate of drug-likeness (QED) is 0.748. The highest BCUT2D eigenvalue weighted by Gasteiger charge is 2.13. The molecule has 2 aromatic rings. The molecule has 3 heteroatoms. The Morgan fingerprint density at radius 3 is 1.91 bits per heavy atom. The van der Waals surface area contributed by atoms with E-state index in [0.29, 0.717) is 19.6 Å². The van der Waals surface area contributed by atoms with Crippen molar-refractivity contribution >= 4 is 0 Å².